The van der Waals surface area contributed by atoms with Crippen LogP contribution in [0.3, 0.4) is 0 Å². The minimum absolute atomic E-state index is 0.116. The summed E-state index contributed by atoms with van der Waals surface area (Å²) >= 11 is 4.98. The van der Waals surface area contributed by atoms with Crippen molar-refractivity contribution in [2.45, 2.75) is 20.5 Å². The van der Waals surface area contributed by atoms with Crippen LogP contribution in [-0.2, 0) is 25.0 Å². The smallest absolute Gasteiger partial charge is 0.407 e. The maximum absolute atomic E-state index is 12.2. The summed E-state index contributed by atoms with van der Waals surface area (Å²) in [5.74, 6) is 0. The van der Waals surface area contributed by atoms with E-state index in [1.807, 2.05) is 30.3 Å². The van der Waals surface area contributed by atoms with E-state index < -0.39 is 7.60 Å². The highest BCUT2D eigenvalue weighted by molar-refractivity contribution is 7.97. The molecule has 0 aliphatic heterocycles. The lowest BCUT2D eigenvalue weighted by Crippen LogP contribution is -2.09. The van der Waals surface area contributed by atoms with Crippen LogP contribution in [0.5, 0.6) is 0 Å². The summed E-state index contributed by atoms with van der Waals surface area (Å²) in [4.78, 5) is -0.116. The second-order valence-corrected chi connectivity index (χ2v) is 5.96. The van der Waals surface area contributed by atoms with Crippen molar-refractivity contribution < 1.29 is 18.3 Å². The normalized spacial score (nSPS) is 11.2. The van der Waals surface area contributed by atoms with E-state index in [2.05, 4.69) is 0 Å². The van der Waals surface area contributed by atoms with Crippen LogP contribution in [-0.4, -0.2) is 18.0 Å². The van der Waals surface area contributed by atoms with E-state index in [1.54, 1.807) is 13.8 Å². The number of ether oxygens (including phenoxy) is 1. The molecule has 1 aromatic rings. The number of benzene rings is 1. The van der Waals surface area contributed by atoms with Crippen LogP contribution >= 0.6 is 19.8 Å². The van der Waals surface area contributed by atoms with Crippen molar-refractivity contribution in [1.82, 2.24) is 0 Å². The molecule has 1 aromatic carbocycles. The Morgan fingerprint density at radius 3 is 2.22 bits per heavy atom. The lowest BCUT2D eigenvalue weighted by molar-refractivity contribution is 0.217. The summed E-state index contributed by atoms with van der Waals surface area (Å²) in [6.07, 6.45) is 0. The Bertz CT molecular complexity index is 411. The Morgan fingerprint density at radius 1 is 1.17 bits per heavy atom. The zero-order chi connectivity index (χ0) is 13.4. The van der Waals surface area contributed by atoms with Crippen LogP contribution in [0.4, 0.5) is 0 Å². The van der Waals surface area contributed by atoms with Gasteiger partial charge in [0.2, 0.25) is 0 Å². The van der Waals surface area contributed by atoms with Gasteiger partial charge in [0.25, 0.3) is 4.79 Å². The van der Waals surface area contributed by atoms with Gasteiger partial charge in [0.15, 0.2) is 0 Å². The average Bonchev–Trinajstić information content (AvgIpc) is 2.37. The van der Waals surface area contributed by atoms with Crippen LogP contribution in [0, 0.1) is 0 Å². The zero-order valence-electron chi connectivity index (χ0n) is 10.5. The minimum atomic E-state index is -3.44. The van der Waals surface area contributed by atoms with E-state index in [4.69, 9.17) is 26.0 Å². The molecule has 0 atom stereocenters. The van der Waals surface area contributed by atoms with Crippen molar-refractivity contribution in [2.75, 3.05) is 13.2 Å². The van der Waals surface area contributed by atoms with Gasteiger partial charge in [0, 0.05) is 0 Å². The maximum Gasteiger partial charge on any atom is 0.407 e. The van der Waals surface area contributed by atoms with Gasteiger partial charge in [-0.15, -0.1) is 0 Å². The first-order valence-corrected chi connectivity index (χ1v) is 7.67. The standard InChI is InChI=1S/C12H17O4PS/c1-3-15-17(13,16-4-2)12(18)14-10-11-8-6-5-7-9-11/h5-9H,3-4,10H2,1-2H3. The topological polar surface area (TPSA) is 44.8 Å². The summed E-state index contributed by atoms with van der Waals surface area (Å²) in [5.41, 5.74) is 0.944. The van der Waals surface area contributed by atoms with Crippen LogP contribution in [0.25, 0.3) is 0 Å². The molecule has 100 valence electrons. The molecule has 0 spiro atoms. The van der Waals surface area contributed by atoms with Crippen LogP contribution < -0.4 is 0 Å². The van der Waals surface area contributed by atoms with Crippen molar-refractivity contribution in [3.8, 4) is 0 Å². The Kier molecular flexibility index (Phi) is 6.50. The maximum atomic E-state index is 12.2. The highest BCUT2D eigenvalue weighted by Crippen LogP contribution is 2.50. The van der Waals surface area contributed by atoms with Crippen molar-refractivity contribution in [3.05, 3.63) is 35.9 Å². The van der Waals surface area contributed by atoms with Gasteiger partial charge in [-0.1, -0.05) is 30.3 Å². The molecule has 0 bridgehead atoms. The van der Waals surface area contributed by atoms with Crippen LogP contribution in [0.1, 0.15) is 19.4 Å². The number of rotatable bonds is 7. The molecular formula is C12H17O4PS. The van der Waals surface area contributed by atoms with E-state index in [1.165, 1.54) is 0 Å². The quantitative estimate of drug-likeness (QED) is 0.564. The van der Waals surface area contributed by atoms with Crippen molar-refractivity contribution in [1.29, 1.82) is 0 Å². The molecule has 18 heavy (non-hydrogen) atoms. The lowest BCUT2D eigenvalue weighted by atomic mass is 10.2. The van der Waals surface area contributed by atoms with Gasteiger partial charge in [-0.25, -0.2) is 0 Å². The van der Waals surface area contributed by atoms with Crippen molar-refractivity contribution in [3.63, 3.8) is 0 Å². The summed E-state index contributed by atoms with van der Waals surface area (Å²) in [6.45, 7) is 4.22. The first kappa shape index (κ1) is 15.3. The van der Waals surface area contributed by atoms with E-state index in [-0.39, 0.29) is 24.6 Å². The molecule has 0 heterocycles. The van der Waals surface area contributed by atoms with Crippen LogP contribution in [0.2, 0.25) is 0 Å². The van der Waals surface area contributed by atoms with Gasteiger partial charge < -0.3 is 13.8 Å². The Hall–Kier alpha value is -0.740. The van der Waals surface area contributed by atoms with E-state index in [0.717, 1.165) is 5.56 Å². The summed E-state index contributed by atoms with van der Waals surface area (Å²) in [6, 6.07) is 9.50. The third-order valence-corrected chi connectivity index (χ3v) is 4.59. The van der Waals surface area contributed by atoms with Gasteiger partial charge in [0.05, 0.1) is 13.2 Å². The summed E-state index contributed by atoms with van der Waals surface area (Å²) < 4.78 is 27.7. The third-order valence-electron chi connectivity index (χ3n) is 2.03. The minimum Gasteiger partial charge on any atom is -0.473 e. The monoisotopic (exact) mass is 288 g/mol. The molecule has 0 aliphatic rings. The fourth-order valence-corrected chi connectivity index (χ4v) is 2.84. The first-order chi connectivity index (χ1) is 8.62. The number of thiocarbonyl (C=S) groups is 1. The number of hydrogen-bond donors (Lipinski definition) is 0. The molecule has 0 aliphatic carbocycles. The molecule has 0 fully saturated rings. The highest BCUT2D eigenvalue weighted by Gasteiger charge is 2.31. The molecule has 0 saturated carbocycles. The second-order valence-electron chi connectivity index (χ2n) is 3.37. The first-order valence-electron chi connectivity index (χ1n) is 5.72. The molecule has 0 amide bonds. The van der Waals surface area contributed by atoms with Gasteiger partial charge in [-0.2, -0.15) is 0 Å². The van der Waals surface area contributed by atoms with Gasteiger partial charge >= 0.3 is 7.60 Å². The molecule has 0 unspecified atom stereocenters. The summed E-state index contributed by atoms with van der Waals surface area (Å²) in [7, 11) is -3.44. The van der Waals surface area contributed by atoms with Crippen molar-refractivity contribution in [2.24, 2.45) is 0 Å². The van der Waals surface area contributed by atoms with E-state index in [9.17, 15) is 4.57 Å². The highest BCUT2D eigenvalue weighted by atomic mass is 32.1. The SMILES string of the molecule is CCOP(=O)(OCC)C(=S)OCc1ccccc1. The van der Waals surface area contributed by atoms with Gasteiger partial charge in [-0.3, -0.25) is 4.57 Å². The number of hydrogen-bond acceptors (Lipinski definition) is 5. The fraction of sp³-hybridized carbons (Fsp3) is 0.417. The van der Waals surface area contributed by atoms with Crippen molar-refractivity contribution >= 4 is 24.6 Å². The predicted molar refractivity (Wildman–Crippen MR) is 74.7 cm³/mol. The Labute approximate surface area is 113 Å². The Morgan fingerprint density at radius 2 is 1.72 bits per heavy atom. The molecule has 1 rings (SSSR count). The van der Waals surface area contributed by atoms with Crippen LogP contribution in [0.15, 0.2) is 30.3 Å². The molecule has 0 N–H and O–H groups in total. The molecule has 0 saturated heterocycles. The average molecular weight is 288 g/mol. The second kappa shape index (κ2) is 7.64. The summed E-state index contributed by atoms with van der Waals surface area (Å²) in [5, 5.41) is 0. The molecule has 0 radical (unpaired) electrons. The third kappa shape index (κ3) is 4.50. The molecule has 4 nitrogen and oxygen atoms in total. The van der Waals surface area contributed by atoms with Gasteiger partial charge in [0.1, 0.15) is 6.61 Å². The fourth-order valence-electron chi connectivity index (χ4n) is 1.28. The molecule has 0 aromatic heterocycles. The predicted octanol–water partition coefficient (Wildman–Crippen LogP) is 3.75. The lowest BCUT2D eigenvalue weighted by Gasteiger charge is -2.17. The molecule has 6 heteroatoms. The molecular weight excluding hydrogens is 271 g/mol. The zero-order valence-corrected chi connectivity index (χ0v) is 12.2. The van der Waals surface area contributed by atoms with E-state index in [0.29, 0.717) is 0 Å². The largest absolute Gasteiger partial charge is 0.473 e. The van der Waals surface area contributed by atoms with Gasteiger partial charge in [-0.05, 0) is 31.6 Å². The Balaban J connectivity index is 2.60. The van der Waals surface area contributed by atoms with E-state index >= 15 is 0 Å².